The summed E-state index contributed by atoms with van der Waals surface area (Å²) in [4.78, 5) is 23.6. The van der Waals surface area contributed by atoms with Gasteiger partial charge in [-0.3, -0.25) is 4.79 Å². The second-order valence-corrected chi connectivity index (χ2v) is 5.83. The Labute approximate surface area is 126 Å². The zero-order valence-corrected chi connectivity index (χ0v) is 13.3. The van der Waals surface area contributed by atoms with E-state index in [1.165, 1.54) is 5.56 Å². The van der Waals surface area contributed by atoms with Gasteiger partial charge >= 0.3 is 5.97 Å². The van der Waals surface area contributed by atoms with Crippen LogP contribution in [0.1, 0.15) is 51.7 Å². The van der Waals surface area contributed by atoms with Gasteiger partial charge in [-0.25, -0.2) is 4.79 Å². The van der Waals surface area contributed by atoms with Crippen molar-refractivity contribution in [2.24, 2.45) is 0 Å². The molecule has 0 saturated carbocycles. The Kier molecular flexibility index (Phi) is 5.94. The number of carbonyl (C=O) groups is 2. The summed E-state index contributed by atoms with van der Waals surface area (Å²) in [5.74, 6) is -1.24. The third-order valence-corrected chi connectivity index (χ3v) is 3.83. The molecule has 116 valence electrons. The van der Waals surface area contributed by atoms with Crippen LogP contribution in [0.25, 0.3) is 0 Å². The molecule has 1 unspecified atom stereocenters. The third kappa shape index (κ3) is 4.31. The largest absolute Gasteiger partial charge is 0.480 e. The minimum absolute atomic E-state index is 0.257. The van der Waals surface area contributed by atoms with Gasteiger partial charge in [0.1, 0.15) is 6.04 Å². The van der Waals surface area contributed by atoms with E-state index in [9.17, 15) is 9.59 Å². The van der Waals surface area contributed by atoms with Crippen LogP contribution in [-0.4, -0.2) is 23.0 Å². The number of nitrogens with one attached hydrogen (secondary N) is 1. The lowest BCUT2D eigenvalue weighted by Crippen LogP contribution is -2.48. The number of amides is 1. The Bertz CT molecular complexity index is 491. The van der Waals surface area contributed by atoms with Gasteiger partial charge in [-0.1, -0.05) is 44.5 Å². The summed E-state index contributed by atoms with van der Waals surface area (Å²) < 4.78 is 0. The van der Waals surface area contributed by atoms with Gasteiger partial charge in [0.05, 0.1) is 5.41 Å². The monoisotopic (exact) mass is 291 g/mol. The molecular formula is C17H25NO3. The lowest BCUT2D eigenvalue weighted by molar-refractivity contribution is -0.142. The molecule has 4 heteroatoms. The summed E-state index contributed by atoms with van der Waals surface area (Å²) in [5, 5.41) is 11.8. The molecule has 1 atom stereocenters. The zero-order chi connectivity index (χ0) is 16.0. The summed E-state index contributed by atoms with van der Waals surface area (Å²) in [5.41, 5.74) is 1.34. The molecule has 0 fully saturated rings. The topological polar surface area (TPSA) is 66.4 Å². The first-order valence-corrected chi connectivity index (χ1v) is 7.46. The lowest BCUT2D eigenvalue weighted by atomic mass is 9.83. The number of carboxylic acids is 1. The van der Waals surface area contributed by atoms with Crippen molar-refractivity contribution in [2.75, 3.05) is 0 Å². The highest BCUT2D eigenvalue weighted by atomic mass is 16.4. The SMILES string of the molecule is CCCC(NC(=O)C(C)(C)c1ccc(CC)cc1)C(=O)O. The van der Waals surface area contributed by atoms with E-state index in [1.807, 2.05) is 45.0 Å². The highest BCUT2D eigenvalue weighted by Gasteiger charge is 2.32. The van der Waals surface area contributed by atoms with E-state index in [0.29, 0.717) is 12.8 Å². The maximum absolute atomic E-state index is 12.4. The van der Waals surface area contributed by atoms with Gasteiger partial charge in [-0.2, -0.15) is 0 Å². The van der Waals surface area contributed by atoms with Crippen LogP contribution in [-0.2, 0) is 21.4 Å². The summed E-state index contributed by atoms with van der Waals surface area (Å²) in [6, 6.07) is 7.06. The zero-order valence-electron chi connectivity index (χ0n) is 13.3. The van der Waals surface area contributed by atoms with E-state index in [4.69, 9.17) is 5.11 Å². The van der Waals surface area contributed by atoms with E-state index in [1.54, 1.807) is 0 Å². The van der Waals surface area contributed by atoms with Gasteiger partial charge in [-0.05, 0) is 37.8 Å². The van der Waals surface area contributed by atoms with E-state index >= 15 is 0 Å². The number of carboxylic acid groups (broad SMARTS) is 1. The maximum atomic E-state index is 12.4. The van der Waals surface area contributed by atoms with Crippen LogP contribution in [0.15, 0.2) is 24.3 Å². The van der Waals surface area contributed by atoms with E-state index in [2.05, 4.69) is 12.2 Å². The van der Waals surface area contributed by atoms with Crippen molar-refractivity contribution in [3.05, 3.63) is 35.4 Å². The predicted octanol–water partition coefficient (Wildman–Crippen LogP) is 2.90. The van der Waals surface area contributed by atoms with Crippen molar-refractivity contribution < 1.29 is 14.7 Å². The van der Waals surface area contributed by atoms with Gasteiger partial charge in [0.25, 0.3) is 0 Å². The van der Waals surface area contributed by atoms with Gasteiger partial charge < -0.3 is 10.4 Å². The summed E-state index contributed by atoms with van der Waals surface area (Å²) in [7, 11) is 0. The van der Waals surface area contributed by atoms with Gasteiger partial charge in [-0.15, -0.1) is 0 Å². The van der Waals surface area contributed by atoms with Crippen molar-refractivity contribution in [2.45, 2.75) is 58.4 Å². The third-order valence-electron chi connectivity index (χ3n) is 3.83. The number of hydrogen-bond donors (Lipinski definition) is 2. The van der Waals surface area contributed by atoms with Crippen LogP contribution in [0, 0.1) is 0 Å². The molecular weight excluding hydrogens is 266 g/mol. The Morgan fingerprint density at radius 1 is 1.19 bits per heavy atom. The van der Waals surface area contributed by atoms with Gasteiger partial charge in [0, 0.05) is 0 Å². The van der Waals surface area contributed by atoms with Crippen molar-refractivity contribution in [3.8, 4) is 0 Å². The molecule has 4 nitrogen and oxygen atoms in total. The number of aliphatic carboxylic acids is 1. The lowest BCUT2D eigenvalue weighted by Gasteiger charge is -2.26. The molecule has 0 aromatic heterocycles. The molecule has 0 aliphatic rings. The van der Waals surface area contributed by atoms with E-state index in [-0.39, 0.29) is 5.91 Å². The normalized spacial score (nSPS) is 12.8. The van der Waals surface area contributed by atoms with Crippen molar-refractivity contribution in [1.82, 2.24) is 5.32 Å². The van der Waals surface area contributed by atoms with Crippen molar-refractivity contribution in [1.29, 1.82) is 0 Å². The number of benzene rings is 1. The molecule has 0 bridgehead atoms. The Morgan fingerprint density at radius 2 is 1.76 bits per heavy atom. The fourth-order valence-electron chi connectivity index (χ4n) is 2.17. The molecule has 0 heterocycles. The molecule has 0 spiro atoms. The fraction of sp³-hybridized carbons (Fsp3) is 0.529. The number of rotatable bonds is 7. The standard InChI is InChI=1S/C17H25NO3/c1-5-7-14(15(19)20)18-16(21)17(3,4)13-10-8-12(6-2)9-11-13/h8-11,14H,5-7H2,1-4H3,(H,18,21)(H,19,20). The van der Waals surface area contributed by atoms with Crippen LogP contribution in [0.3, 0.4) is 0 Å². The average molecular weight is 291 g/mol. The van der Waals surface area contributed by atoms with Crippen LogP contribution in [0.4, 0.5) is 0 Å². The molecule has 0 saturated heterocycles. The minimum atomic E-state index is -0.984. The minimum Gasteiger partial charge on any atom is -0.480 e. The highest BCUT2D eigenvalue weighted by molar-refractivity contribution is 5.90. The quantitative estimate of drug-likeness (QED) is 0.811. The molecule has 0 aliphatic heterocycles. The van der Waals surface area contributed by atoms with E-state index < -0.39 is 17.4 Å². The summed E-state index contributed by atoms with van der Waals surface area (Å²) in [6.45, 7) is 7.61. The van der Waals surface area contributed by atoms with Crippen LogP contribution in [0.5, 0.6) is 0 Å². The molecule has 1 aromatic rings. The van der Waals surface area contributed by atoms with Crippen LogP contribution >= 0.6 is 0 Å². The molecule has 0 aliphatic carbocycles. The first kappa shape index (κ1) is 17.2. The number of carbonyl (C=O) groups excluding carboxylic acids is 1. The first-order valence-electron chi connectivity index (χ1n) is 7.46. The van der Waals surface area contributed by atoms with Crippen molar-refractivity contribution in [3.63, 3.8) is 0 Å². The Hall–Kier alpha value is -1.84. The Morgan fingerprint density at radius 3 is 2.19 bits per heavy atom. The van der Waals surface area contributed by atoms with Crippen LogP contribution in [0.2, 0.25) is 0 Å². The fourth-order valence-corrected chi connectivity index (χ4v) is 2.17. The second-order valence-electron chi connectivity index (χ2n) is 5.83. The molecule has 0 radical (unpaired) electrons. The van der Waals surface area contributed by atoms with Crippen LogP contribution < -0.4 is 5.32 Å². The smallest absolute Gasteiger partial charge is 0.326 e. The highest BCUT2D eigenvalue weighted by Crippen LogP contribution is 2.24. The summed E-state index contributed by atoms with van der Waals surface area (Å²) in [6.07, 6.45) is 2.10. The maximum Gasteiger partial charge on any atom is 0.326 e. The first-order chi connectivity index (χ1) is 9.82. The summed E-state index contributed by atoms with van der Waals surface area (Å²) >= 11 is 0. The molecule has 2 N–H and O–H groups in total. The predicted molar refractivity (Wildman–Crippen MR) is 83.3 cm³/mol. The molecule has 1 rings (SSSR count). The molecule has 1 amide bonds. The second kappa shape index (κ2) is 7.25. The van der Waals surface area contributed by atoms with Gasteiger partial charge in [0.15, 0.2) is 0 Å². The number of hydrogen-bond acceptors (Lipinski definition) is 2. The van der Waals surface area contributed by atoms with Crippen molar-refractivity contribution >= 4 is 11.9 Å². The number of aryl methyl sites for hydroxylation is 1. The van der Waals surface area contributed by atoms with E-state index in [0.717, 1.165) is 12.0 Å². The Balaban J connectivity index is 2.89. The average Bonchev–Trinajstić information content (AvgIpc) is 2.46. The molecule has 21 heavy (non-hydrogen) atoms. The van der Waals surface area contributed by atoms with Gasteiger partial charge in [0.2, 0.25) is 5.91 Å². The molecule has 1 aromatic carbocycles.